The summed E-state index contributed by atoms with van der Waals surface area (Å²) in [5.41, 5.74) is 2.71. The molecule has 0 unspecified atom stereocenters. The molecule has 1 amide bonds. The van der Waals surface area contributed by atoms with Crippen molar-refractivity contribution in [3.8, 4) is 22.6 Å². The van der Waals surface area contributed by atoms with Gasteiger partial charge in [-0.2, -0.15) is 0 Å². The van der Waals surface area contributed by atoms with E-state index in [0.717, 1.165) is 16.7 Å². The maximum Gasteiger partial charge on any atom is 0.259 e. The summed E-state index contributed by atoms with van der Waals surface area (Å²) >= 11 is 0. The molecule has 3 aromatic rings. The number of halogens is 1. The number of amides is 1. The fraction of sp³-hybridized carbons (Fsp3) is 0.143. The number of rotatable bonds is 3. The van der Waals surface area contributed by atoms with Crippen LogP contribution in [0.25, 0.3) is 11.1 Å². The minimum atomic E-state index is -0.580. The summed E-state index contributed by atoms with van der Waals surface area (Å²) in [4.78, 5) is 16.5. The molecule has 28 heavy (non-hydrogen) atoms. The number of anilines is 1. The summed E-state index contributed by atoms with van der Waals surface area (Å²) in [6.45, 7) is 2.22. The van der Waals surface area contributed by atoms with Crippen molar-refractivity contribution in [1.29, 1.82) is 0 Å². The van der Waals surface area contributed by atoms with Crippen LogP contribution < -0.4 is 14.8 Å². The van der Waals surface area contributed by atoms with Gasteiger partial charge in [0.15, 0.2) is 25.1 Å². The van der Waals surface area contributed by atoms with Crippen molar-refractivity contribution in [2.75, 3.05) is 18.9 Å². The van der Waals surface area contributed by atoms with E-state index in [1.165, 1.54) is 18.2 Å². The molecule has 4 rings (SSSR count). The molecule has 2 heterocycles. The molecule has 0 radical (unpaired) electrons. The maximum atomic E-state index is 13.7. The van der Waals surface area contributed by atoms with Crippen LogP contribution in [0.2, 0.25) is 0 Å². The first-order valence-electron chi connectivity index (χ1n) is 8.62. The van der Waals surface area contributed by atoms with Gasteiger partial charge in [0.2, 0.25) is 0 Å². The number of carbonyl (C=O) groups excluding carboxylic acids is 1. The average Bonchev–Trinajstić information content (AvgIpc) is 2.93. The van der Waals surface area contributed by atoms with E-state index >= 15 is 0 Å². The van der Waals surface area contributed by atoms with Gasteiger partial charge >= 0.3 is 0 Å². The molecule has 0 saturated carbocycles. The van der Waals surface area contributed by atoms with E-state index < -0.39 is 11.7 Å². The van der Waals surface area contributed by atoms with Crippen LogP contribution in [0.15, 0.2) is 54.7 Å². The molecule has 0 aliphatic carbocycles. The lowest BCUT2D eigenvalue weighted by molar-refractivity contribution is -0.0349. The summed E-state index contributed by atoms with van der Waals surface area (Å²) in [5, 5.41) is 2.60. The number of aryl methyl sites for hydroxylation is 1. The maximum absolute atomic E-state index is 13.7. The molecule has 2 aromatic carbocycles. The van der Waals surface area contributed by atoms with Gasteiger partial charge in [0.25, 0.3) is 5.91 Å². The van der Waals surface area contributed by atoms with Crippen LogP contribution in [0.5, 0.6) is 11.5 Å². The van der Waals surface area contributed by atoms with Gasteiger partial charge in [0.1, 0.15) is 11.6 Å². The standard InChI is InChI=1S/C21H17FN2O4/c1-13-8-18-19(28-12-26-11-27-18)9-16(13)14-6-7-20(23-10-14)24-21(25)15-4-2-3-5-17(15)22/h2-10H,11-12H2,1H3,(H,23,24,25). The van der Waals surface area contributed by atoms with E-state index in [4.69, 9.17) is 14.2 Å². The second-order valence-corrected chi connectivity index (χ2v) is 6.21. The van der Waals surface area contributed by atoms with Crippen LogP contribution in [0.1, 0.15) is 15.9 Å². The Balaban J connectivity index is 1.56. The van der Waals surface area contributed by atoms with E-state index in [1.807, 2.05) is 25.1 Å². The fourth-order valence-corrected chi connectivity index (χ4v) is 2.90. The molecule has 1 aromatic heterocycles. The van der Waals surface area contributed by atoms with Crippen LogP contribution in [0.3, 0.4) is 0 Å². The van der Waals surface area contributed by atoms with E-state index in [1.54, 1.807) is 18.3 Å². The second-order valence-electron chi connectivity index (χ2n) is 6.21. The highest BCUT2D eigenvalue weighted by molar-refractivity contribution is 6.04. The van der Waals surface area contributed by atoms with Crippen molar-refractivity contribution < 1.29 is 23.4 Å². The first kappa shape index (κ1) is 17.9. The molecule has 0 fully saturated rings. The number of hydrogen-bond acceptors (Lipinski definition) is 5. The molecule has 7 heteroatoms. The Kier molecular flexibility index (Phi) is 4.90. The number of nitrogens with one attached hydrogen (secondary N) is 1. The molecule has 0 saturated heterocycles. The average molecular weight is 380 g/mol. The SMILES string of the molecule is Cc1cc2c(cc1-c1ccc(NC(=O)c3ccccc3F)nc1)OCOCO2. The molecular weight excluding hydrogens is 363 g/mol. The molecule has 0 atom stereocenters. The third kappa shape index (κ3) is 3.65. The minimum absolute atomic E-state index is 0.0330. The summed E-state index contributed by atoms with van der Waals surface area (Å²) in [6.07, 6.45) is 1.64. The quantitative estimate of drug-likeness (QED) is 0.739. The van der Waals surface area contributed by atoms with E-state index in [9.17, 15) is 9.18 Å². The van der Waals surface area contributed by atoms with E-state index in [-0.39, 0.29) is 19.1 Å². The molecule has 0 spiro atoms. The topological polar surface area (TPSA) is 69.7 Å². The first-order valence-corrected chi connectivity index (χ1v) is 8.62. The van der Waals surface area contributed by atoms with Gasteiger partial charge in [-0.05, 0) is 54.4 Å². The van der Waals surface area contributed by atoms with Crippen molar-refractivity contribution in [2.24, 2.45) is 0 Å². The minimum Gasteiger partial charge on any atom is -0.464 e. The smallest absolute Gasteiger partial charge is 0.259 e. The lowest BCUT2D eigenvalue weighted by atomic mass is 10.0. The Morgan fingerprint density at radius 1 is 1.07 bits per heavy atom. The highest BCUT2D eigenvalue weighted by atomic mass is 19.1. The number of carbonyl (C=O) groups is 1. The Morgan fingerprint density at radius 2 is 1.82 bits per heavy atom. The zero-order chi connectivity index (χ0) is 19.5. The molecular formula is C21H17FN2O4. The zero-order valence-electron chi connectivity index (χ0n) is 15.1. The Hall–Kier alpha value is -3.45. The number of nitrogens with zero attached hydrogens (tertiary/aromatic N) is 1. The highest BCUT2D eigenvalue weighted by Gasteiger charge is 2.15. The van der Waals surface area contributed by atoms with Crippen molar-refractivity contribution in [2.45, 2.75) is 6.92 Å². The third-order valence-corrected chi connectivity index (χ3v) is 4.32. The number of ether oxygens (including phenoxy) is 3. The second kappa shape index (κ2) is 7.66. The Morgan fingerprint density at radius 3 is 2.54 bits per heavy atom. The van der Waals surface area contributed by atoms with Gasteiger partial charge in [-0.1, -0.05) is 12.1 Å². The molecule has 0 bridgehead atoms. The monoisotopic (exact) mass is 380 g/mol. The normalized spacial score (nSPS) is 12.9. The predicted molar refractivity (Wildman–Crippen MR) is 101 cm³/mol. The van der Waals surface area contributed by atoms with Gasteiger partial charge in [-0.25, -0.2) is 9.37 Å². The Bertz CT molecular complexity index is 1020. The lowest BCUT2D eigenvalue weighted by Gasteiger charge is -2.12. The van der Waals surface area contributed by atoms with E-state index in [2.05, 4.69) is 10.3 Å². The molecule has 1 N–H and O–H groups in total. The fourth-order valence-electron chi connectivity index (χ4n) is 2.90. The predicted octanol–water partition coefficient (Wildman–Crippen LogP) is 4.15. The number of benzene rings is 2. The van der Waals surface area contributed by atoms with Crippen LogP contribution in [0.4, 0.5) is 10.2 Å². The zero-order valence-corrected chi connectivity index (χ0v) is 15.1. The van der Waals surface area contributed by atoms with Gasteiger partial charge in [-0.3, -0.25) is 4.79 Å². The highest BCUT2D eigenvalue weighted by Crippen LogP contribution is 2.36. The van der Waals surface area contributed by atoms with Crippen molar-refractivity contribution in [3.63, 3.8) is 0 Å². The largest absolute Gasteiger partial charge is 0.464 e. The molecule has 1 aliphatic heterocycles. The number of pyridine rings is 1. The van der Waals surface area contributed by atoms with Gasteiger partial charge in [0.05, 0.1) is 5.56 Å². The van der Waals surface area contributed by atoms with Crippen molar-refractivity contribution in [1.82, 2.24) is 4.98 Å². The molecule has 1 aliphatic rings. The molecule has 6 nitrogen and oxygen atoms in total. The Labute approximate surface area is 160 Å². The van der Waals surface area contributed by atoms with Gasteiger partial charge < -0.3 is 19.5 Å². The summed E-state index contributed by atoms with van der Waals surface area (Å²) in [6, 6.07) is 13.0. The van der Waals surface area contributed by atoms with Crippen LogP contribution in [-0.2, 0) is 4.74 Å². The third-order valence-electron chi connectivity index (χ3n) is 4.32. The van der Waals surface area contributed by atoms with Crippen molar-refractivity contribution >= 4 is 11.7 Å². The molecule has 142 valence electrons. The van der Waals surface area contributed by atoms with Crippen LogP contribution in [-0.4, -0.2) is 24.5 Å². The van der Waals surface area contributed by atoms with E-state index in [0.29, 0.717) is 17.3 Å². The lowest BCUT2D eigenvalue weighted by Crippen LogP contribution is -2.14. The summed E-state index contributed by atoms with van der Waals surface area (Å²) in [7, 11) is 0. The number of hydrogen-bond donors (Lipinski definition) is 1. The van der Waals surface area contributed by atoms with Crippen LogP contribution >= 0.6 is 0 Å². The van der Waals surface area contributed by atoms with Gasteiger partial charge in [-0.15, -0.1) is 0 Å². The van der Waals surface area contributed by atoms with Crippen LogP contribution in [0, 0.1) is 12.7 Å². The van der Waals surface area contributed by atoms with Crippen molar-refractivity contribution in [3.05, 3.63) is 71.7 Å². The first-order chi connectivity index (χ1) is 13.6. The summed E-state index contributed by atoms with van der Waals surface area (Å²) < 4.78 is 29.9. The number of fused-ring (bicyclic) bond motifs is 1. The summed E-state index contributed by atoms with van der Waals surface area (Å²) in [5.74, 6) is 0.418. The van der Waals surface area contributed by atoms with Gasteiger partial charge in [0, 0.05) is 11.8 Å². The number of aromatic nitrogens is 1.